The van der Waals surface area contributed by atoms with Gasteiger partial charge in [-0.2, -0.15) is 0 Å². The first kappa shape index (κ1) is 14.8. The van der Waals surface area contributed by atoms with Crippen LogP contribution in [0.2, 0.25) is 0 Å². The summed E-state index contributed by atoms with van der Waals surface area (Å²) in [5.74, 6) is 5.00. The van der Waals surface area contributed by atoms with Crippen LogP contribution >= 0.6 is 0 Å². The lowest BCUT2D eigenvalue weighted by atomic mass is 10.1. The molecule has 0 saturated heterocycles. The average molecular weight is 288 g/mol. The number of aromatic nitrogens is 1. The second-order valence-electron chi connectivity index (χ2n) is 4.13. The predicted octanol–water partition coefficient (Wildman–Crippen LogP) is 1.48. The number of aliphatic hydroxyl groups excluding tert-OH is 1. The van der Waals surface area contributed by atoms with E-state index < -0.39 is 5.82 Å². The molecule has 0 spiro atoms. The van der Waals surface area contributed by atoms with Gasteiger partial charge in [-0.3, -0.25) is 4.79 Å². The fraction of sp³-hybridized carbons (Fsp3) is 0.200. The molecule has 21 heavy (non-hydrogen) atoms. The Kier molecular flexibility index (Phi) is 5.07. The van der Waals surface area contributed by atoms with Gasteiger partial charge in [-0.1, -0.05) is 17.0 Å². The van der Waals surface area contributed by atoms with E-state index >= 15 is 0 Å². The third-order valence-corrected chi connectivity index (χ3v) is 2.60. The van der Waals surface area contributed by atoms with E-state index in [0.29, 0.717) is 5.76 Å². The molecular weight excluding hydrogens is 275 g/mol. The fourth-order valence-corrected chi connectivity index (χ4v) is 1.63. The molecule has 5 nitrogen and oxygen atoms in total. The standard InChI is InChI=1S/C15H13FN2O3/c16-12-4-5-14(11(9-12)3-1-2-8-19)15(20)17-10-13-6-7-18-21-13/h4-7,9,19H,2,8,10H2,(H,17,20). The summed E-state index contributed by atoms with van der Waals surface area (Å²) >= 11 is 0. The van der Waals surface area contributed by atoms with E-state index in [2.05, 4.69) is 22.3 Å². The monoisotopic (exact) mass is 288 g/mol. The minimum Gasteiger partial charge on any atom is -0.395 e. The van der Waals surface area contributed by atoms with E-state index in [1.165, 1.54) is 24.4 Å². The Hall–Kier alpha value is -2.65. The van der Waals surface area contributed by atoms with Crippen LogP contribution in [0.25, 0.3) is 0 Å². The van der Waals surface area contributed by atoms with Gasteiger partial charge >= 0.3 is 0 Å². The van der Waals surface area contributed by atoms with E-state index in [9.17, 15) is 9.18 Å². The summed E-state index contributed by atoms with van der Waals surface area (Å²) in [6, 6.07) is 5.38. The summed E-state index contributed by atoms with van der Waals surface area (Å²) in [5.41, 5.74) is 0.542. The Labute approximate surface area is 120 Å². The van der Waals surface area contributed by atoms with Crippen molar-refractivity contribution in [1.82, 2.24) is 10.5 Å². The highest BCUT2D eigenvalue weighted by molar-refractivity contribution is 5.96. The van der Waals surface area contributed by atoms with E-state index in [4.69, 9.17) is 9.63 Å². The van der Waals surface area contributed by atoms with Gasteiger partial charge in [-0.15, -0.1) is 0 Å². The van der Waals surface area contributed by atoms with E-state index in [-0.39, 0.29) is 36.6 Å². The zero-order valence-electron chi connectivity index (χ0n) is 11.1. The quantitative estimate of drug-likeness (QED) is 0.836. The number of carbonyl (C=O) groups excluding carboxylic acids is 1. The van der Waals surface area contributed by atoms with E-state index in [0.717, 1.165) is 0 Å². The predicted molar refractivity (Wildman–Crippen MR) is 72.7 cm³/mol. The maximum atomic E-state index is 13.3. The number of aliphatic hydroxyl groups is 1. The molecular formula is C15H13FN2O3. The van der Waals surface area contributed by atoms with Gasteiger partial charge in [-0.05, 0) is 18.2 Å². The van der Waals surface area contributed by atoms with Gasteiger partial charge in [0.2, 0.25) is 0 Å². The number of nitrogens with zero attached hydrogens (tertiary/aromatic N) is 1. The molecule has 0 aliphatic carbocycles. The van der Waals surface area contributed by atoms with Gasteiger partial charge in [0.1, 0.15) is 5.82 Å². The molecule has 1 aromatic carbocycles. The van der Waals surface area contributed by atoms with Crippen molar-refractivity contribution in [2.45, 2.75) is 13.0 Å². The van der Waals surface area contributed by atoms with Crippen LogP contribution in [0.5, 0.6) is 0 Å². The summed E-state index contributed by atoms with van der Waals surface area (Å²) in [7, 11) is 0. The minimum absolute atomic E-state index is 0.0880. The molecule has 0 radical (unpaired) electrons. The van der Waals surface area contributed by atoms with Crippen LogP contribution < -0.4 is 5.32 Å². The molecule has 1 aromatic heterocycles. The Balaban J connectivity index is 2.14. The Bertz CT molecular complexity index is 672. The Morgan fingerprint density at radius 2 is 2.29 bits per heavy atom. The molecule has 0 atom stereocenters. The summed E-state index contributed by atoms with van der Waals surface area (Å²) in [6.45, 7) is 0.0923. The average Bonchev–Trinajstić information content (AvgIpc) is 2.98. The molecule has 0 aliphatic rings. The van der Waals surface area contributed by atoms with Crippen molar-refractivity contribution in [3.63, 3.8) is 0 Å². The van der Waals surface area contributed by atoms with Crippen molar-refractivity contribution in [2.24, 2.45) is 0 Å². The van der Waals surface area contributed by atoms with Crippen LogP contribution in [0.1, 0.15) is 28.1 Å². The van der Waals surface area contributed by atoms with Crippen molar-refractivity contribution in [2.75, 3.05) is 6.61 Å². The lowest BCUT2D eigenvalue weighted by Gasteiger charge is -2.05. The molecule has 1 heterocycles. The zero-order valence-corrected chi connectivity index (χ0v) is 11.1. The smallest absolute Gasteiger partial charge is 0.252 e. The molecule has 0 fully saturated rings. The molecule has 2 aromatic rings. The number of rotatable bonds is 4. The van der Waals surface area contributed by atoms with Gasteiger partial charge in [0, 0.05) is 18.1 Å². The van der Waals surface area contributed by atoms with Gasteiger partial charge in [0.05, 0.1) is 24.9 Å². The highest BCUT2D eigenvalue weighted by Gasteiger charge is 2.11. The van der Waals surface area contributed by atoms with Crippen LogP contribution in [0.4, 0.5) is 4.39 Å². The first-order chi connectivity index (χ1) is 10.2. The molecule has 0 bridgehead atoms. The van der Waals surface area contributed by atoms with Crippen LogP contribution in [-0.4, -0.2) is 22.8 Å². The lowest BCUT2D eigenvalue weighted by Crippen LogP contribution is -2.23. The van der Waals surface area contributed by atoms with Crippen molar-refractivity contribution in [3.05, 3.63) is 53.2 Å². The van der Waals surface area contributed by atoms with Gasteiger partial charge in [0.15, 0.2) is 5.76 Å². The zero-order chi connectivity index (χ0) is 15.1. The normalized spacial score (nSPS) is 9.81. The van der Waals surface area contributed by atoms with Crippen molar-refractivity contribution in [1.29, 1.82) is 0 Å². The highest BCUT2D eigenvalue weighted by Crippen LogP contribution is 2.11. The topological polar surface area (TPSA) is 75.4 Å². The molecule has 1 amide bonds. The lowest BCUT2D eigenvalue weighted by molar-refractivity contribution is 0.0947. The summed E-state index contributed by atoms with van der Waals surface area (Å²) < 4.78 is 18.1. The molecule has 0 saturated carbocycles. The number of hydrogen-bond donors (Lipinski definition) is 2. The minimum atomic E-state index is -0.477. The second-order valence-corrected chi connectivity index (χ2v) is 4.13. The first-order valence-corrected chi connectivity index (χ1v) is 6.27. The van der Waals surface area contributed by atoms with Crippen molar-refractivity contribution in [3.8, 4) is 11.8 Å². The molecule has 0 unspecified atom stereocenters. The van der Waals surface area contributed by atoms with Gasteiger partial charge < -0.3 is 14.9 Å². The van der Waals surface area contributed by atoms with Gasteiger partial charge in [0.25, 0.3) is 5.91 Å². The number of benzene rings is 1. The number of halogens is 1. The molecule has 108 valence electrons. The Morgan fingerprint density at radius 3 is 3.00 bits per heavy atom. The number of carbonyl (C=O) groups is 1. The second kappa shape index (κ2) is 7.22. The number of amides is 1. The first-order valence-electron chi connectivity index (χ1n) is 6.27. The molecule has 2 rings (SSSR count). The third-order valence-electron chi connectivity index (χ3n) is 2.60. The summed E-state index contributed by atoms with van der Waals surface area (Å²) in [4.78, 5) is 12.1. The summed E-state index contributed by atoms with van der Waals surface area (Å²) in [6.07, 6.45) is 1.74. The van der Waals surface area contributed by atoms with Gasteiger partial charge in [-0.25, -0.2) is 4.39 Å². The molecule has 2 N–H and O–H groups in total. The third kappa shape index (κ3) is 4.16. The van der Waals surface area contributed by atoms with E-state index in [1.54, 1.807) is 6.07 Å². The number of hydrogen-bond acceptors (Lipinski definition) is 4. The van der Waals surface area contributed by atoms with Crippen LogP contribution in [0, 0.1) is 17.7 Å². The number of nitrogens with one attached hydrogen (secondary N) is 1. The fourth-order valence-electron chi connectivity index (χ4n) is 1.63. The van der Waals surface area contributed by atoms with Crippen molar-refractivity contribution >= 4 is 5.91 Å². The van der Waals surface area contributed by atoms with Crippen LogP contribution in [0.3, 0.4) is 0 Å². The highest BCUT2D eigenvalue weighted by atomic mass is 19.1. The maximum absolute atomic E-state index is 13.3. The summed E-state index contributed by atoms with van der Waals surface area (Å²) in [5, 5.41) is 14.9. The molecule has 6 heteroatoms. The van der Waals surface area contributed by atoms with Crippen molar-refractivity contribution < 1.29 is 18.8 Å². The SMILES string of the molecule is O=C(NCc1ccno1)c1ccc(F)cc1C#CCCO. The Morgan fingerprint density at radius 1 is 1.43 bits per heavy atom. The van der Waals surface area contributed by atoms with E-state index in [1.807, 2.05) is 0 Å². The largest absolute Gasteiger partial charge is 0.395 e. The van der Waals surface area contributed by atoms with Crippen LogP contribution in [-0.2, 0) is 6.54 Å². The maximum Gasteiger partial charge on any atom is 0.252 e. The molecule has 0 aliphatic heterocycles. The van der Waals surface area contributed by atoms with Crippen LogP contribution in [0.15, 0.2) is 35.0 Å².